The van der Waals surface area contributed by atoms with Crippen LogP contribution in [0, 0.1) is 5.82 Å². The van der Waals surface area contributed by atoms with Crippen LogP contribution in [0.1, 0.15) is 0 Å². The van der Waals surface area contributed by atoms with Gasteiger partial charge in [0.2, 0.25) is 5.91 Å². The Bertz CT molecular complexity index is 1120. The number of benzene rings is 2. The first kappa shape index (κ1) is 20.2. The minimum absolute atomic E-state index is 0.186. The van der Waals surface area contributed by atoms with E-state index in [9.17, 15) is 14.0 Å². The molecule has 8 nitrogen and oxygen atoms in total. The van der Waals surface area contributed by atoms with Crippen LogP contribution in [0.5, 0.6) is 5.75 Å². The van der Waals surface area contributed by atoms with Crippen molar-refractivity contribution in [2.45, 2.75) is 0 Å². The number of hydrogen-bond donors (Lipinski definition) is 3. The summed E-state index contributed by atoms with van der Waals surface area (Å²) in [7, 11) is 0. The molecule has 3 rings (SSSR count). The lowest BCUT2D eigenvalue weighted by atomic mass is 10.1. The largest absolute Gasteiger partial charge is 0.482 e. The third-order valence-corrected chi connectivity index (χ3v) is 4.23. The maximum Gasteiger partial charge on any atom is 0.255 e. The van der Waals surface area contributed by atoms with E-state index in [1.807, 2.05) is 0 Å². The van der Waals surface area contributed by atoms with Gasteiger partial charge in [-0.25, -0.2) is 14.4 Å². The Morgan fingerprint density at radius 2 is 2.03 bits per heavy atom. The maximum absolute atomic E-state index is 14.2. The number of nitrogens with two attached hydrogens (primary N) is 1. The van der Waals surface area contributed by atoms with Crippen molar-refractivity contribution in [3.8, 4) is 5.75 Å². The van der Waals surface area contributed by atoms with Crippen LogP contribution in [0.2, 0.25) is 0 Å². The van der Waals surface area contributed by atoms with Crippen LogP contribution < -0.4 is 21.1 Å². The van der Waals surface area contributed by atoms with Gasteiger partial charge in [0.05, 0.1) is 16.9 Å². The number of amides is 2. The summed E-state index contributed by atoms with van der Waals surface area (Å²) in [6.45, 7) is 3.02. The average Bonchev–Trinajstić information content (AvgIpc) is 2.68. The Balaban J connectivity index is 2.07. The van der Waals surface area contributed by atoms with Gasteiger partial charge in [-0.15, -0.1) is 0 Å². The first-order valence-corrected chi connectivity index (χ1v) is 9.02. The topological polar surface area (TPSA) is 119 Å². The summed E-state index contributed by atoms with van der Waals surface area (Å²) < 4.78 is 20.2. The van der Waals surface area contributed by atoms with E-state index in [2.05, 4.69) is 43.1 Å². The molecule has 2 aromatic carbocycles. The van der Waals surface area contributed by atoms with Crippen LogP contribution in [-0.4, -0.2) is 28.4 Å². The maximum atomic E-state index is 14.2. The number of carbonyl (C=O) groups is 2. The summed E-state index contributed by atoms with van der Waals surface area (Å²) in [5.41, 5.74) is 6.02. The van der Waals surface area contributed by atoms with E-state index in [0.717, 1.165) is 6.08 Å². The number of nitrogens with one attached hydrogen (secondary N) is 2. The van der Waals surface area contributed by atoms with Gasteiger partial charge in [0.25, 0.3) is 5.91 Å². The van der Waals surface area contributed by atoms with Crippen molar-refractivity contribution < 1.29 is 18.7 Å². The van der Waals surface area contributed by atoms with E-state index in [0.29, 0.717) is 21.2 Å². The van der Waals surface area contributed by atoms with Gasteiger partial charge in [-0.2, -0.15) is 0 Å². The molecule has 3 aromatic rings. The van der Waals surface area contributed by atoms with E-state index < -0.39 is 17.6 Å². The molecule has 29 heavy (non-hydrogen) atoms. The highest BCUT2D eigenvalue weighted by Gasteiger charge is 2.14. The molecule has 0 bridgehead atoms. The van der Waals surface area contributed by atoms with Crippen LogP contribution in [0.3, 0.4) is 0 Å². The summed E-state index contributed by atoms with van der Waals surface area (Å²) in [5.74, 6) is -1.15. The van der Waals surface area contributed by atoms with E-state index >= 15 is 0 Å². The Kier molecular flexibility index (Phi) is 6.03. The molecule has 148 valence electrons. The Morgan fingerprint density at radius 1 is 1.24 bits per heavy atom. The predicted octanol–water partition coefficient (Wildman–Crippen LogP) is 3.26. The number of anilines is 3. The Morgan fingerprint density at radius 3 is 2.72 bits per heavy atom. The minimum Gasteiger partial charge on any atom is -0.482 e. The van der Waals surface area contributed by atoms with Gasteiger partial charge in [0.1, 0.15) is 23.7 Å². The van der Waals surface area contributed by atoms with E-state index in [1.54, 1.807) is 18.2 Å². The van der Waals surface area contributed by atoms with Gasteiger partial charge in [-0.05, 0) is 30.3 Å². The second-order valence-electron chi connectivity index (χ2n) is 5.79. The van der Waals surface area contributed by atoms with Crippen molar-refractivity contribution in [3.05, 3.63) is 59.6 Å². The molecule has 1 heterocycles. The molecule has 1 aromatic heterocycles. The van der Waals surface area contributed by atoms with E-state index in [-0.39, 0.29) is 23.7 Å². The fourth-order valence-electron chi connectivity index (χ4n) is 2.45. The summed E-state index contributed by atoms with van der Waals surface area (Å²) >= 11 is 3.21. The number of halogens is 2. The zero-order valence-electron chi connectivity index (χ0n) is 14.9. The number of aromatic nitrogens is 2. The molecular formula is C19H15BrFN5O3. The molecule has 0 radical (unpaired) electrons. The first-order valence-electron chi connectivity index (χ1n) is 8.22. The van der Waals surface area contributed by atoms with Gasteiger partial charge in [-0.1, -0.05) is 22.5 Å². The van der Waals surface area contributed by atoms with Gasteiger partial charge in [0, 0.05) is 15.9 Å². The van der Waals surface area contributed by atoms with Crippen LogP contribution in [0.4, 0.5) is 21.6 Å². The van der Waals surface area contributed by atoms with Gasteiger partial charge < -0.3 is 21.1 Å². The normalized spacial score (nSPS) is 10.4. The Hall–Kier alpha value is -3.53. The molecule has 0 aliphatic heterocycles. The summed E-state index contributed by atoms with van der Waals surface area (Å²) in [4.78, 5) is 31.2. The molecule has 4 N–H and O–H groups in total. The molecule has 0 saturated carbocycles. The monoisotopic (exact) mass is 459 g/mol. The number of hydrogen-bond acceptors (Lipinski definition) is 6. The molecule has 0 fully saturated rings. The zero-order valence-corrected chi connectivity index (χ0v) is 16.5. The van der Waals surface area contributed by atoms with Crippen LogP contribution in [0.15, 0.2) is 53.8 Å². The highest BCUT2D eigenvalue weighted by Crippen LogP contribution is 2.34. The van der Waals surface area contributed by atoms with Crippen LogP contribution in [-0.2, 0) is 9.59 Å². The molecular weight excluding hydrogens is 445 g/mol. The number of carbonyl (C=O) groups excluding carboxylic acids is 2. The predicted molar refractivity (Wildman–Crippen MR) is 110 cm³/mol. The highest BCUT2D eigenvalue weighted by molar-refractivity contribution is 9.10. The molecule has 0 saturated heterocycles. The molecule has 2 amide bonds. The van der Waals surface area contributed by atoms with E-state index in [4.69, 9.17) is 10.5 Å². The fourth-order valence-corrected chi connectivity index (χ4v) is 2.78. The summed E-state index contributed by atoms with van der Waals surface area (Å²) in [6.07, 6.45) is 2.38. The van der Waals surface area contributed by atoms with Crippen LogP contribution in [0.25, 0.3) is 10.9 Å². The molecule has 0 aliphatic rings. The lowest BCUT2D eigenvalue weighted by Crippen LogP contribution is -2.20. The molecule has 0 aliphatic carbocycles. The standard InChI is InChI=1S/C19H15BrFN5O3/c1-2-18(28)25-15-6-11-14(7-16(15)29-8-17(22)27)23-9-24-19(11)26-13-4-3-10(20)5-12(13)21/h2-7,9H,1,8H2,(H2,22,27)(H,25,28)(H,23,24,26). The first-order chi connectivity index (χ1) is 13.9. The van der Waals surface area contributed by atoms with Crippen LogP contribution >= 0.6 is 15.9 Å². The number of primary amides is 1. The second-order valence-corrected chi connectivity index (χ2v) is 6.70. The van der Waals surface area contributed by atoms with Crippen molar-refractivity contribution in [3.63, 3.8) is 0 Å². The highest BCUT2D eigenvalue weighted by atomic mass is 79.9. The lowest BCUT2D eigenvalue weighted by Gasteiger charge is -2.14. The van der Waals surface area contributed by atoms with Crippen molar-refractivity contribution in [2.75, 3.05) is 17.2 Å². The summed E-state index contributed by atoms with van der Waals surface area (Å²) in [6, 6.07) is 7.61. The SMILES string of the molecule is C=CC(=O)Nc1cc2c(Nc3ccc(Br)cc3F)ncnc2cc1OCC(N)=O. The number of nitrogens with zero attached hydrogens (tertiary/aromatic N) is 2. The van der Waals surface area contributed by atoms with Crippen molar-refractivity contribution >= 4 is 55.8 Å². The molecule has 10 heteroatoms. The van der Waals surface area contributed by atoms with Crippen molar-refractivity contribution in [2.24, 2.45) is 5.73 Å². The van der Waals surface area contributed by atoms with Crippen molar-refractivity contribution in [1.82, 2.24) is 9.97 Å². The number of ether oxygens (including phenoxy) is 1. The van der Waals surface area contributed by atoms with Gasteiger partial charge >= 0.3 is 0 Å². The molecule has 0 unspecified atom stereocenters. The zero-order chi connectivity index (χ0) is 21.0. The molecule has 0 atom stereocenters. The number of rotatable bonds is 7. The third-order valence-electron chi connectivity index (χ3n) is 3.73. The summed E-state index contributed by atoms with van der Waals surface area (Å²) in [5, 5.41) is 5.99. The third kappa shape index (κ3) is 4.85. The molecule has 0 spiro atoms. The van der Waals surface area contributed by atoms with Crippen molar-refractivity contribution in [1.29, 1.82) is 0 Å². The second kappa shape index (κ2) is 8.65. The fraction of sp³-hybridized carbons (Fsp3) is 0.0526. The smallest absolute Gasteiger partial charge is 0.255 e. The number of fused-ring (bicyclic) bond motifs is 1. The minimum atomic E-state index is -0.679. The Labute approximate surface area is 173 Å². The lowest BCUT2D eigenvalue weighted by molar-refractivity contribution is -0.119. The van der Waals surface area contributed by atoms with E-state index in [1.165, 1.54) is 18.5 Å². The quantitative estimate of drug-likeness (QED) is 0.466. The average molecular weight is 460 g/mol. The van der Waals surface area contributed by atoms with Gasteiger partial charge in [0.15, 0.2) is 6.61 Å². The van der Waals surface area contributed by atoms with Gasteiger partial charge in [-0.3, -0.25) is 9.59 Å².